The largest absolute Gasteiger partial charge is 0.497 e. The summed E-state index contributed by atoms with van der Waals surface area (Å²) < 4.78 is 9.77. The van der Waals surface area contributed by atoms with Gasteiger partial charge in [0.15, 0.2) is 0 Å². The van der Waals surface area contributed by atoms with Crippen molar-refractivity contribution in [3.05, 3.63) is 46.5 Å². The van der Waals surface area contributed by atoms with Crippen LogP contribution in [0.5, 0.6) is 5.75 Å². The van der Waals surface area contributed by atoms with Crippen molar-refractivity contribution in [3.8, 4) is 5.75 Å². The molecule has 3 rings (SSSR count). The Balaban J connectivity index is 1.91. The van der Waals surface area contributed by atoms with E-state index >= 15 is 0 Å². The van der Waals surface area contributed by atoms with E-state index in [0.717, 1.165) is 37.6 Å². The van der Waals surface area contributed by atoms with E-state index < -0.39 is 0 Å². The number of piperazine rings is 1. The van der Waals surface area contributed by atoms with Gasteiger partial charge in [0.1, 0.15) is 5.75 Å². The first-order chi connectivity index (χ1) is 10.7. The molecule has 2 aromatic rings. The van der Waals surface area contributed by atoms with E-state index in [2.05, 4.69) is 46.3 Å². The van der Waals surface area contributed by atoms with Crippen LogP contribution in [0.3, 0.4) is 0 Å². The van der Waals surface area contributed by atoms with Crippen LogP contribution < -0.4 is 4.74 Å². The van der Waals surface area contributed by atoms with Gasteiger partial charge in [0, 0.05) is 31.1 Å². The fourth-order valence-corrected chi connectivity index (χ4v) is 3.84. The van der Waals surface area contributed by atoms with Gasteiger partial charge in [-0.25, -0.2) is 0 Å². The molecule has 1 atom stereocenters. The summed E-state index contributed by atoms with van der Waals surface area (Å²) in [5.41, 5.74) is 2.42. The Morgan fingerprint density at radius 2 is 1.82 bits per heavy atom. The predicted molar refractivity (Wildman–Crippen MR) is 90.8 cm³/mol. The highest BCUT2D eigenvalue weighted by Gasteiger charge is 2.26. The molecule has 1 saturated heterocycles. The Morgan fingerprint density at radius 1 is 1.14 bits per heavy atom. The smallest absolute Gasteiger partial charge is 0.118 e. The Labute approximate surface area is 136 Å². The summed E-state index contributed by atoms with van der Waals surface area (Å²) in [6.45, 7) is 6.47. The summed E-state index contributed by atoms with van der Waals surface area (Å²) in [5.74, 6) is 0.904. The maximum atomic E-state index is 5.29. The van der Waals surface area contributed by atoms with Crippen molar-refractivity contribution in [3.63, 3.8) is 0 Å². The second-order valence-corrected chi connectivity index (χ2v) is 6.72. The molecular weight excluding hydrogens is 294 g/mol. The van der Waals surface area contributed by atoms with Gasteiger partial charge in [-0.05, 0) is 49.3 Å². The Morgan fingerprint density at radius 3 is 2.36 bits per heavy atom. The SMILES string of the molecule is COc1ccc(C(c2cc(C)ns2)N2CCN(C)CC2)cc1. The Hall–Kier alpha value is -1.43. The van der Waals surface area contributed by atoms with Crippen LogP contribution >= 0.6 is 11.5 Å². The van der Waals surface area contributed by atoms with Gasteiger partial charge in [0.25, 0.3) is 0 Å². The molecule has 2 heterocycles. The number of hydrogen-bond acceptors (Lipinski definition) is 5. The maximum Gasteiger partial charge on any atom is 0.118 e. The standard InChI is InChI=1S/C17H23N3OS/c1-13-12-16(22-18-13)17(20-10-8-19(2)9-11-20)14-4-6-15(21-3)7-5-14/h4-7,12,17H,8-11H2,1-3H3. The minimum absolute atomic E-state index is 0.297. The van der Waals surface area contributed by atoms with Crippen LogP contribution in [-0.4, -0.2) is 54.5 Å². The average molecular weight is 317 g/mol. The molecule has 0 aliphatic carbocycles. The zero-order valence-corrected chi connectivity index (χ0v) is 14.3. The molecule has 0 bridgehead atoms. The molecular formula is C17H23N3OS. The second-order valence-electron chi connectivity index (χ2n) is 5.89. The summed E-state index contributed by atoms with van der Waals surface area (Å²) in [7, 11) is 3.90. The lowest BCUT2D eigenvalue weighted by Gasteiger charge is -2.37. The van der Waals surface area contributed by atoms with Crippen LogP contribution in [-0.2, 0) is 0 Å². The number of likely N-dealkylation sites (N-methyl/N-ethyl adjacent to an activating group) is 1. The molecule has 118 valence electrons. The molecule has 0 spiro atoms. The van der Waals surface area contributed by atoms with Gasteiger partial charge in [-0.1, -0.05) is 12.1 Å². The zero-order chi connectivity index (χ0) is 15.5. The van der Waals surface area contributed by atoms with Gasteiger partial charge in [0.05, 0.1) is 18.8 Å². The topological polar surface area (TPSA) is 28.6 Å². The number of nitrogens with zero attached hydrogens (tertiary/aromatic N) is 3. The van der Waals surface area contributed by atoms with E-state index in [0.29, 0.717) is 6.04 Å². The first kappa shape index (κ1) is 15.5. The highest BCUT2D eigenvalue weighted by atomic mass is 32.1. The molecule has 0 saturated carbocycles. The van der Waals surface area contributed by atoms with Crippen molar-refractivity contribution in [2.45, 2.75) is 13.0 Å². The molecule has 22 heavy (non-hydrogen) atoms. The Bertz CT molecular complexity index is 603. The number of benzene rings is 1. The third kappa shape index (κ3) is 3.32. The van der Waals surface area contributed by atoms with Crippen LogP contribution in [0.4, 0.5) is 0 Å². The molecule has 1 fully saturated rings. The molecule has 1 aromatic heterocycles. The molecule has 1 unspecified atom stereocenters. The zero-order valence-electron chi connectivity index (χ0n) is 13.5. The van der Waals surface area contributed by atoms with Gasteiger partial charge in [0.2, 0.25) is 0 Å². The molecule has 1 aliphatic rings. The number of rotatable bonds is 4. The number of aryl methyl sites for hydroxylation is 1. The second kappa shape index (κ2) is 6.77. The number of hydrogen-bond donors (Lipinski definition) is 0. The molecule has 5 heteroatoms. The van der Waals surface area contributed by atoms with E-state index in [1.807, 2.05) is 12.1 Å². The van der Waals surface area contributed by atoms with Crippen molar-refractivity contribution < 1.29 is 4.74 Å². The van der Waals surface area contributed by atoms with Crippen molar-refractivity contribution in [1.29, 1.82) is 0 Å². The van der Waals surface area contributed by atoms with E-state index in [1.54, 1.807) is 18.6 Å². The van der Waals surface area contributed by atoms with E-state index in [1.165, 1.54) is 10.4 Å². The van der Waals surface area contributed by atoms with Crippen molar-refractivity contribution >= 4 is 11.5 Å². The summed E-state index contributed by atoms with van der Waals surface area (Å²) >= 11 is 1.62. The minimum Gasteiger partial charge on any atom is -0.497 e. The minimum atomic E-state index is 0.297. The fourth-order valence-electron chi connectivity index (χ4n) is 2.93. The monoisotopic (exact) mass is 317 g/mol. The van der Waals surface area contributed by atoms with Crippen molar-refractivity contribution in [2.24, 2.45) is 0 Å². The first-order valence-corrected chi connectivity index (χ1v) is 8.44. The average Bonchev–Trinajstić information content (AvgIpc) is 2.96. The summed E-state index contributed by atoms with van der Waals surface area (Å²) in [6.07, 6.45) is 0. The summed E-state index contributed by atoms with van der Waals surface area (Å²) in [5, 5.41) is 0. The van der Waals surface area contributed by atoms with Crippen LogP contribution in [0.25, 0.3) is 0 Å². The van der Waals surface area contributed by atoms with Gasteiger partial charge in [-0.3, -0.25) is 4.90 Å². The molecule has 1 aliphatic heterocycles. The van der Waals surface area contributed by atoms with Crippen LogP contribution in [0.1, 0.15) is 22.2 Å². The number of ether oxygens (including phenoxy) is 1. The maximum absolute atomic E-state index is 5.29. The molecule has 0 amide bonds. The van der Waals surface area contributed by atoms with Gasteiger partial charge in [-0.2, -0.15) is 4.37 Å². The van der Waals surface area contributed by atoms with Gasteiger partial charge in [-0.15, -0.1) is 0 Å². The number of aromatic nitrogens is 1. The van der Waals surface area contributed by atoms with Crippen LogP contribution in [0, 0.1) is 6.92 Å². The predicted octanol–water partition coefficient (Wildman–Crippen LogP) is 2.80. The molecule has 0 radical (unpaired) electrons. The van der Waals surface area contributed by atoms with Crippen molar-refractivity contribution in [2.75, 3.05) is 40.3 Å². The third-order valence-electron chi connectivity index (χ3n) is 4.25. The number of methoxy groups -OCH3 is 1. The highest BCUT2D eigenvalue weighted by Crippen LogP contribution is 2.33. The lowest BCUT2D eigenvalue weighted by molar-refractivity contribution is 0.128. The lowest BCUT2D eigenvalue weighted by atomic mass is 10.0. The molecule has 0 N–H and O–H groups in total. The van der Waals surface area contributed by atoms with E-state index in [9.17, 15) is 0 Å². The van der Waals surface area contributed by atoms with Crippen LogP contribution in [0.15, 0.2) is 30.3 Å². The quantitative estimate of drug-likeness (QED) is 0.867. The fraction of sp³-hybridized carbons (Fsp3) is 0.471. The third-order valence-corrected chi connectivity index (χ3v) is 5.18. The molecule has 4 nitrogen and oxygen atoms in total. The highest BCUT2D eigenvalue weighted by molar-refractivity contribution is 7.05. The van der Waals surface area contributed by atoms with E-state index in [4.69, 9.17) is 4.74 Å². The Kier molecular flexibility index (Phi) is 4.76. The van der Waals surface area contributed by atoms with E-state index in [-0.39, 0.29) is 0 Å². The first-order valence-electron chi connectivity index (χ1n) is 7.67. The summed E-state index contributed by atoms with van der Waals surface area (Å²) in [4.78, 5) is 6.28. The van der Waals surface area contributed by atoms with Crippen molar-refractivity contribution in [1.82, 2.24) is 14.2 Å². The normalized spacial score (nSPS) is 18.3. The van der Waals surface area contributed by atoms with Crippen LogP contribution in [0.2, 0.25) is 0 Å². The van der Waals surface area contributed by atoms with Gasteiger partial charge >= 0.3 is 0 Å². The van der Waals surface area contributed by atoms with Gasteiger partial charge < -0.3 is 9.64 Å². The summed E-state index contributed by atoms with van der Waals surface area (Å²) in [6, 6.07) is 11.0. The molecule has 1 aromatic carbocycles. The lowest BCUT2D eigenvalue weighted by Crippen LogP contribution is -2.46.